The summed E-state index contributed by atoms with van der Waals surface area (Å²) in [6, 6.07) is 16.1. The van der Waals surface area contributed by atoms with Gasteiger partial charge in [-0.15, -0.1) is 0 Å². The molecule has 2 heterocycles. The Kier molecular flexibility index (Phi) is 5.94. The summed E-state index contributed by atoms with van der Waals surface area (Å²) in [5.41, 5.74) is 3.89. The second-order valence-corrected chi connectivity index (χ2v) is 9.23. The van der Waals surface area contributed by atoms with Crippen LogP contribution in [0.1, 0.15) is 47.2 Å². The Balaban J connectivity index is 1.51. The number of aliphatic hydroxyl groups is 1. The molecule has 2 aromatic carbocycles. The predicted octanol–water partition coefficient (Wildman–Crippen LogP) is 4.32. The van der Waals surface area contributed by atoms with Gasteiger partial charge in [0, 0.05) is 42.2 Å². The lowest BCUT2D eigenvalue weighted by Crippen LogP contribution is -2.38. The zero-order valence-electron chi connectivity index (χ0n) is 19.3. The predicted molar refractivity (Wildman–Crippen MR) is 130 cm³/mol. The second kappa shape index (κ2) is 9.02. The Labute approximate surface area is 194 Å². The van der Waals surface area contributed by atoms with Crippen molar-refractivity contribution in [3.63, 3.8) is 0 Å². The van der Waals surface area contributed by atoms with Crippen LogP contribution >= 0.6 is 0 Å². The van der Waals surface area contributed by atoms with Gasteiger partial charge < -0.3 is 19.6 Å². The summed E-state index contributed by atoms with van der Waals surface area (Å²) < 4.78 is 5.25. The van der Waals surface area contributed by atoms with Crippen molar-refractivity contribution >= 4 is 22.6 Å². The van der Waals surface area contributed by atoms with Crippen molar-refractivity contribution in [2.75, 3.05) is 25.1 Å². The van der Waals surface area contributed by atoms with Crippen molar-refractivity contribution < 1.29 is 14.6 Å². The van der Waals surface area contributed by atoms with E-state index in [9.17, 15) is 9.90 Å². The molecule has 2 fully saturated rings. The third-order valence-electron chi connectivity index (χ3n) is 6.79. The number of fused-ring (bicyclic) bond motifs is 1. The van der Waals surface area contributed by atoms with Gasteiger partial charge in [0.15, 0.2) is 0 Å². The molecule has 6 nitrogen and oxygen atoms in total. The molecule has 1 aromatic heterocycles. The Bertz CT molecular complexity index is 1150. The summed E-state index contributed by atoms with van der Waals surface area (Å²) in [4.78, 5) is 22.9. The number of hydrogen-bond acceptors (Lipinski definition) is 5. The second-order valence-electron chi connectivity index (χ2n) is 9.23. The van der Waals surface area contributed by atoms with Crippen LogP contribution in [0.15, 0.2) is 48.5 Å². The standard InChI is InChI=1S/C27H31N3O3/c1-18-4-3-5-20-16-21(26(28-25(18)20)29-14-12-23(31)13-15-29)17-30(22-8-9-22)27(32)19-6-10-24(33-2)11-7-19/h3-7,10-11,16,22-23,31H,8-9,12-15,17H2,1-2H3. The zero-order valence-corrected chi connectivity index (χ0v) is 19.3. The summed E-state index contributed by atoms with van der Waals surface area (Å²) >= 11 is 0. The molecule has 1 amide bonds. The Morgan fingerprint density at radius 2 is 1.85 bits per heavy atom. The molecule has 1 aliphatic carbocycles. The number of amides is 1. The number of piperidine rings is 1. The van der Waals surface area contributed by atoms with E-state index in [4.69, 9.17) is 9.72 Å². The van der Waals surface area contributed by atoms with Gasteiger partial charge in [-0.1, -0.05) is 18.2 Å². The van der Waals surface area contributed by atoms with Crippen LogP contribution in [0.25, 0.3) is 10.9 Å². The summed E-state index contributed by atoms with van der Waals surface area (Å²) in [7, 11) is 1.63. The minimum absolute atomic E-state index is 0.0458. The Morgan fingerprint density at radius 3 is 2.52 bits per heavy atom. The maximum atomic E-state index is 13.5. The summed E-state index contributed by atoms with van der Waals surface area (Å²) in [5.74, 6) is 1.73. The minimum atomic E-state index is -0.244. The first-order valence-corrected chi connectivity index (χ1v) is 11.8. The van der Waals surface area contributed by atoms with Crippen LogP contribution in [0.3, 0.4) is 0 Å². The van der Waals surface area contributed by atoms with Gasteiger partial charge in [0.2, 0.25) is 0 Å². The van der Waals surface area contributed by atoms with E-state index in [1.165, 1.54) is 0 Å². The van der Waals surface area contributed by atoms with Crippen LogP contribution in [0, 0.1) is 6.92 Å². The number of aliphatic hydroxyl groups excluding tert-OH is 1. The van der Waals surface area contributed by atoms with Gasteiger partial charge in [-0.25, -0.2) is 4.98 Å². The Morgan fingerprint density at radius 1 is 1.12 bits per heavy atom. The number of nitrogens with zero attached hydrogens (tertiary/aromatic N) is 3. The van der Waals surface area contributed by atoms with E-state index < -0.39 is 0 Å². The van der Waals surface area contributed by atoms with Gasteiger partial charge in [-0.05, 0) is 68.5 Å². The minimum Gasteiger partial charge on any atom is -0.497 e. The fourth-order valence-electron chi connectivity index (χ4n) is 4.68. The molecule has 1 saturated carbocycles. The van der Waals surface area contributed by atoms with Crippen molar-refractivity contribution in [2.45, 2.75) is 51.3 Å². The van der Waals surface area contributed by atoms with Gasteiger partial charge in [-0.3, -0.25) is 4.79 Å². The number of benzene rings is 2. The monoisotopic (exact) mass is 445 g/mol. The molecule has 1 N–H and O–H groups in total. The molecular formula is C27H31N3O3. The first kappa shape index (κ1) is 21.7. The van der Waals surface area contributed by atoms with Crippen LogP contribution < -0.4 is 9.64 Å². The third kappa shape index (κ3) is 4.53. The normalized spacial score (nSPS) is 16.8. The molecule has 6 heteroatoms. The SMILES string of the molecule is COc1ccc(C(=O)N(Cc2cc3cccc(C)c3nc2N2CCC(O)CC2)C2CC2)cc1. The molecule has 0 bridgehead atoms. The number of aryl methyl sites for hydroxylation is 1. The van der Waals surface area contributed by atoms with Crippen LogP contribution in [0.2, 0.25) is 0 Å². The number of carbonyl (C=O) groups is 1. The van der Waals surface area contributed by atoms with Crippen LogP contribution in [-0.4, -0.2) is 53.2 Å². The zero-order chi connectivity index (χ0) is 22.9. The lowest BCUT2D eigenvalue weighted by molar-refractivity contribution is 0.0730. The number of methoxy groups -OCH3 is 1. The number of ether oxygens (including phenoxy) is 1. The maximum absolute atomic E-state index is 13.5. The number of hydrogen-bond donors (Lipinski definition) is 1. The highest BCUT2D eigenvalue weighted by molar-refractivity contribution is 5.95. The fourth-order valence-corrected chi connectivity index (χ4v) is 4.68. The molecular weight excluding hydrogens is 414 g/mol. The van der Waals surface area contributed by atoms with E-state index >= 15 is 0 Å². The average molecular weight is 446 g/mol. The molecule has 0 atom stereocenters. The Hall–Kier alpha value is -3.12. The number of aromatic nitrogens is 1. The molecule has 1 saturated heterocycles. The van der Waals surface area contributed by atoms with Crippen molar-refractivity contribution in [1.29, 1.82) is 0 Å². The van der Waals surface area contributed by atoms with E-state index in [-0.39, 0.29) is 18.1 Å². The molecule has 2 aliphatic rings. The lowest BCUT2D eigenvalue weighted by Gasteiger charge is -2.33. The van der Waals surface area contributed by atoms with Crippen molar-refractivity contribution in [2.24, 2.45) is 0 Å². The number of pyridine rings is 1. The molecule has 1 aliphatic heterocycles. The molecule has 0 unspecified atom stereocenters. The molecule has 172 valence electrons. The van der Waals surface area contributed by atoms with Gasteiger partial charge in [0.05, 0.1) is 18.7 Å². The van der Waals surface area contributed by atoms with Crippen LogP contribution in [0.4, 0.5) is 5.82 Å². The first-order chi connectivity index (χ1) is 16.0. The maximum Gasteiger partial charge on any atom is 0.254 e. The van der Waals surface area contributed by atoms with Crippen molar-refractivity contribution in [3.05, 3.63) is 65.2 Å². The lowest BCUT2D eigenvalue weighted by atomic mass is 10.0. The van der Waals surface area contributed by atoms with E-state index in [1.807, 2.05) is 29.2 Å². The van der Waals surface area contributed by atoms with Crippen molar-refractivity contribution in [3.8, 4) is 5.75 Å². The van der Waals surface area contributed by atoms with Gasteiger partial charge in [-0.2, -0.15) is 0 Å². The summed E-state index contributed by atoms with van der Waals surface area (Å²) in [6.45, 7) is 4.16. The smallest absolute Gasteiger partial charge is 0.254 e. The topological polar surface area (TPSA) is 65.9 Å². The largest absolute Gasteiger partial charge is 0.497 e. The van der Waals surface area contributed by atoms with E-state index in [0.29, 0.717) is 12.1 Å². The highest BCUT2D eigenvalue weighted by Gasteiger charge is 2.34. The quantitative estimate of drug-likeness (QED) is 0.612. The number of rotatable bonds is 6. The van der Waals surface area contributed by atoms with E-state index in [1.54, 1.807) is 7.11 Å². The highest BCUT2D eigenvalue weighted by Crippen LogP contribution is 2.34. The number of para-hydroxylation sites is 1. The fraction of sp³-hybridized carbons (Fsp3) is 0.407. The first-order valence-electron chi connectivity index (χ1n) is 11.8. The third-order valence-corrected chi connectivity index (χ3v) is 6.79. The number of anilines is 1. The highest BCUT2D eigenvalue weighted by atomic mass is 16.5. The van der Waals surface area contributed by atoms with Crippen LogP contribution in [-0.2, 0) is 6.54 Å². The molecule has 33 heavy (non-hydrogen) atoms. The molecule has 0 radical (unpaired) electrons. The molecule has 5 rings (SSSR count). The van der Waals surface area contributed by atoms with Gasteiger partial charge >= 0.3 is 0 Å². The summed E-state index contributed by atoms with van der Waals surface area (Å²) in [6.07, 6.45) is 3.31. The molecule has 3 aromatic rings. The van der Waals surface area contributed by atoms with Gasteiger partial charge in [0.25, 0.3) is 5.91 Å². The molecule has 0 spiro atoms. The summed E-state index contributed by atoms with van der Waals surface area (Å²) in [5, 5.41) is 11.1. The van der Waals surface area contributed by atoms with Crippen LogP contribution in [0.5, 0.6) is 5.75 Å². The number of carbonyl (C=O) groups excluding carboxylic acids is 1. The van der Waals surface area contributed by atoms with Crippen molar-refractivity contribution in [1.82, 2.24) is 9.88 Å². The van der Waals surface area contributed by atoms with E-state index in [0.717, 1.165) is 72.4 Å². The van der Waals surface area contributed by atoms with Gasteiger partial charge in [0.1, 0.15) is 11.6 Å². The average Bonchev–Trinajstić information content (AvgIpc) is 3.68. The van der Waals surface area contributed by atoms with E-state index in [2.05, 4.69) is 36.1 Å².